The van der Waals surface area contributed by atoms with E-state index >= 15 is 0 Å². The summed E-state index contributed by atoms with van der Waals surface area (Å²) >= 11 is 0. The van der Waals surface area contributed by atoms with Crippen LogP contribution in [0.5, 0.6) is 0 Å². The third kappa shape index (κ3) is 17.1. The van der Waals surface area contributed by atoms with E-state index in [4.69, 9.17) is 17.2 Å². The van der Waals surface area contributed by atoms with Crippen molar-refractivity contribution in [2.45, 2.75) is 62.8 Å². The predicted molar refractivity (Wildman–Crippen MR) is 228 cm³/mol. The van der Waals surface area contributed by atoms with Crippen LogP contribution in [0.3, 0.4) is 0 Å². The van der Waals surface area contributed by atoms with Gasteiger partial charge in [-0.3, -0.25) is 38.6 Å². The molecule has 0 saturated carbocycles. The van der Waals surface area contributed by atoms with Crippen molar-refractivity contribution in [2.24, 2.45) is 22.2 Å². The molecule has 0 aliphatic rings. The van der Waals surface area contributed by atoms with Crippen LogP contribution in [-0.2, 0) is 52.8 Å². The van der Waals surface area contributed by atoms with Crippen molar-refractivity contribution in [3.8, 4) is 0 Å². The minimum atomic E-state index is -1.60. The third-order valence-corrected chi connectivity index (χ3v) is 9.43. The lowest BCUT2D eigenvalue weighted by atomic mass is 10.0. The zero-order valence-corrected chi connectivity index (χ0v) is 34.3. The quantitative estimate of drug-likeness (QED) is 0.0328. The number of hydrogen-bond donors (Lipinski definition) is 10. The van der Waals surface area contributed by atoms with E-state index in [-0.39, 0.29) is 44.7 Å². The summed E-state index contributed by atoms with van der Waals surface area (Å²) in [5.74, 6) is -5.26. The zero-order chi connectivity index (χ0) is 44.7. The van der Waals surface area contributed by atoms with Crippen molar-refractivity contribution in [1.82, 2.24) is 36.8 Å². The van der Waals surface area contributed by atoms with Crippen molar-refractivity contribution in [3.63, 3.8) is 0 Å². The molecule has 0 fully saturated rings. The second-order valence-electron chi connectivity index (χ2n) is 14.0. The third-order valence-electron chi connectivity index (χ3n) is 9.43. The maximum absolute atomic E-state index is 14.2. The maximum Gasteiger partial charge on any atom is 0.245 e. The minimum Gasteiger partial charge on any atom is -0.394 e. The summed E-state index contributed by atoms with van der Waals surface area (Å²) in [5, 5.41) is 25.5. The highest BCUT2D eigenvalue weighted by Gasteiger charge is 2.32. The van der Waals surface area contributed by atoms with Crippen LogP contribution in [0, 0.1) is 0 Å². The van der Waals surface area contributed by atoms with Gasteiger partial charge in [0.2, 0.25) is 41.4 Å². The topological polar surface area (TPSA) is 306 Å². The van der Waals surface area contributed by atoms with Crippen LogP contribution in [0.4, 0.5) is 0 Å². The Hall–Kier alpha value is -6.86. The van der Waals surface area contributed by atoms with Gasteiger partial charge in [-0.05, 0) is 30.0 Å². The number of nitrogens with two attached hydrogens (primary N) is 3. The zero-order valence-electron chi connectivity index (χ0n) is 34.3. The Balaban J connectivity index is 1.87. The molecule has 0 aliphatic heterocycles. The number of guanidine groups is 1. The molecule has 3 aromatic rings. The van der Waals surface area contributed by atoms with Gasteiger partial charge in [-0.25, -0.2) is 0 Å². The van der Waals surface area contributed by atoms with Gasteiger partial charge in [-0.2, -0.15) is 0 Å². The number of primary amides is 1. The molecule has 0 heterocycles. The van der Waals surface area contributed by atoms with Crippen LogP contribution in [-0.4, -0.2) is 127 Å². The van der Waals surface area contributed by atoms with Gasteiger partial charge in [0.1, 0.15) is 30.2 Å². The smallest absolute Gasteiger partial charge is 0.245 e. The van der Waals surface area contributed by atoms with Gasteiger partial charge in [0.25, 0.3) is 0 Å². The number of carbonyl (C=O) groups excluding carboxylic acids is 7. The molecule has 0 aromatic heterocycles. The summed E-state index contributed by atoms with van der Waals surface area (Å²) in [6, 6.07) is 19.6. The first-order valence-electron chi connectivity index (χ1n) is 19.7. The lowest BCUT2D eigenvalue weighted by Crippen LogP contribution is -2.60. The van der Waals surface area contributed by atoms with Crippen molar-refractivity contribution < 1.29 is 38.7 Å². The van der Waals surface area contributed by atoms with E-state index in [1.54, 1.807) is 103 Å². The number of amides is 7. The van der Waals surface area contributed by atoms with Crippen LogP contribution < -0.4 is 49.1 Å². The summed E-state index contributed by atoms with van der Waals surface area (Å²) < 4.78 is 0. The molecule has 0 saturated heterocycles. The highest BCUT2D eigenvalue weighted by molar-refractivity contribution is 5.97. The number of nitrogens with zero attached hydrogens (tertiary/aromatic N) is 2. The molecule has 13 N–H and O–H groups in total. The number of benzene rings is 3. The van der Waals surface area contributed by atoms with E-state index in [1.807, 2.05) is 6.92 Å². The Bertz CT molecular complexity index is 1940. The van der Waals surface area contributed by atoms with Gasteiger partial charge in [0.15, 0.2) is 5.96 Å². The first-order valence-corrected chi connectivity index (χ1v) is 19.7. The molecule has 7 amide bonds. The number of carbonyl (C=O) groups is 7. The van der Waals surface area contributed by atoms with E-state index in [0.717, 1.165) is 5.56 Å². The van der Waals surface area contributed by atoms with Crippen molar-refractivity contribution in [2.75, 3.05) is 39.8 Å². The van der Waals surface area contributed by atoms with Gasteiger partial charge in [-0.1, -0.05) is 91.0 Å². The molecule has 0 bridgehead atoms. The fourth-order valence-corrected chi connectivity index (χ4v) is 5.83. The minimum absolute atomic E-state index is 0.0110. The molecule has 0 aliphatic carbocycles. The van der Waals surface area contributed by atoms with E-state index in [9.17, 15) is 38.7 Å². The Morgan fingerprint density at radius 1 is 0.607 bits per heavy atom. The van der Waals surface area contributed by atoms with Crippen molar-refractivity contribution >= 4 is 47.3 Å². The van der Waals surface area contributed by atoms with E-state index in [0.29, 0.717) is 17.7 Å². The molecular weight excluding hydrogens is 787 g/mol. The lowest BCUT2D eigenvalue weighted by Gasteiger charge is -2.27. The normalized spacial score (nSPS) is 13.5. The average Bonchev–Trinajstić information content (AvgIpc) is 3.26. The molecule has 0 spiro atoms. The largest absolute Gasteiger partial charge is 0.394 e. The summed E-state index contributed by atoms with van der Waals surface area (Å²) in [5.41, 5.74) is 19.0. The molecule has 3 aromatic carbocycles. The monoisotopic (exact) mass is 843 g/mol. The predicted octanol–water partition coefficient (Wildman–Crippen LogP) is -2.65. The molecule has 19 nitrogen and oxygen atoms in total. The Labute approximate surface area is 354 Å². The second kappa shape index (κ2) is 25.6. The highest BCUT2D eigenvalue weighted by atomic mass is 16.3. The van der Waals surface area contributed by atoms with Gasteiger partial charge < -0.3 is 59.1 Å². The summed E-state index contributed by atoms with van der Waals surface area (Å²) in [7, 11) is 1.73. The summed E-state index contributed by atoms with van der Waals surface area (Å²) in [6.45, 7) is 0.697. The lowest BCUT2D eigenvalue weighted by molar-refractivity contribution is -0.135. The highest BCUT2D eigenvalue weighted by Crippen LogP contribution is 2.09. The Kier molecular flexibility index (Phi) is 20.3. The van der Waals surface area contributed by atoms with Crippen LogP contribution in [0.1, 0.15) is 30.0 Å². The molecule has 0 unspecified atom stereocenters. The fourth-order valence-electron chi connectivity index (χ4n) is 5.83. The van der Waals surface area contributed by atoms with Crippen molar-refractivity contribution in [1.29, 1.82) is 0 Å². The Morgan fingerprint density at radius 2 is 1.02 bits per heavy atom. The number of aliphatic imine (C=N–C) groups is 1. The molecule has 61 heavy (non-hydrogen) atoms. The maximum atomic E-state index is 14.2. The van der Waals surface area contributed by atoms with Gasteiger partial charge in [-0.15, -0.1) is 0 Å². The number of aliphatic hydroxyl groups excluding tert-OH is 1. The Morgan fingerprint density at radius 3 is 1.48 bits per heavy atom. The van der Waals surface area contributed by atoms with E-state index < -0.39 is 84.7 Å². The van der Waals surface area contributed by atoms with E-state index in [1.165, 1.54) is 0 Å². The SMILES string of the molecule is CCN(C)C(N)=NCC[C@H](NC(=O)[C@H](Cc1ccccc1)NC(=O)[C@H](CO)NC(=O)[C@H](Cc1ccccc1)NC(=O)CNC(=O)CN)C(=O)N[C@@H](Cc1ccccc1)C(N)=O. The average molecular weight is 844 g/mol. The summed E-state index contributed by atoms with van der Waals surface area (Å²) in [6.07, 6.45) is -0.0860. The molecular formula is C42H57N11O8. The molecule has 328 valence electrons. The summed E-state index contributed by atoms with van der Waals surface area (Å²) in [4.78, 5) is 98.3. The van der Waals surface area contributed by atoms with Gasteiger partial charge in [0.05, 0.1) is 19.7 Å². The van der Waals surface area contributed by atoms with Crippen LogP contribution in [0.2, 0.25) is 0 Å². The van der Waals surface area contributed by atoms with Crippen LogP contribution in [0.15, 0.2) is 96.0 Å². The fraction of sp³-hybridized carbons (Fsp3) is 0.381. The number of hydrogen-bond acceptors (Lipinski definition) is 10. The molecule has 5 atom stereocenters. The number of aliphatic hydroxyl groups is 1. The number of nitrogens with one attached hydrogen (secondary N) is 6. The van der Waals surface area contributed by atoms with Gasteiger partial charge >= 0.3 is 0 Å². The first kappa shape index (κ1) is 48.5. The standard InChI is InChI=1S/C42H57N11O8/c1-3-53(2)42(45)46-20-19-30(38(58)50-31(37(44)57)21-27-13-7-4-8-14-27)49-40(60)33(23-29-17-11-6-12-18-29)51-41(61)34(26-54)52-39(59)32(22-28-15-9-5-10-16-28)48-36(56)25-47-35(55)24-43/h4-18,30-34,54H,3,19-26,43H2,1-2H3,(H2,44,57)(H2,45,46)(H,47,55)(H,48,56)(H,49,60)(H,50,58)(H,51,61)(H,52,59)/t30-,31-,32-,33-,34-/m0/s1. The molecule has 0 radical (unpaired) electrons. The molecule has 19 heteroatoms. The number of rotatable bonds is 24. The second-order valence-corrected chi connectivity index (χ2v) is 14.0. The molecule has 3 rings (SSSR count). The van der Waals surface area contributed by atoms with Crippen molar-refractivity contribution in [3.05, 3.63) is 108 Å². The van der Waals surface area contributed by atoms with Crippen LogP contribution in [0.25, 0.3) is 0 Å². The van der Waals surface area contributed by atoms with Crippen LogP contribution >= 0.6 is 0 Å². The van der Waals surface area contributed by atoms with E-state index in [2.05, 4.69) is 36.9 Å². The first-order chi connectivity index (χ1) is 29.2. The van der Waals surface area contributed by atoms with Gasteiger partial charge in [0, 0.05) is 39.4 Å².